The summed E-state index contributed by atoms with van der Waals surface area (Å²) in [5, 5.41) is 20.4. The lowest BCUT2D eigenvalue weighted by Gasteiger charge is -2.43. The topological polar surface area (TPSA) is 60.8 Å². The SMILES string of the molecule is CC(C)C(C(=O)O)C1(O)CCCN(Cc2ccccc2)C1. The Bertz CT molecular complexity index is 474. The second-order valence-electron chi connectivity index (χ2n) is 6.46. The summed E-state index contributed by atoms with van der Waals surface area (Å²) in [6, 6.07) is 10.1. The molecule has 21 heavy (non-hydrogen) atoms. The maximum absolute atomic E-state index is 11.5. The first-order valence-electron chi connectivity index (χ1n) is 7.64. The number of carboxylic acids is 1. The van der Waals surface area contributed by atoms with Crippen molar-refractivity contribution in [2.24, 2.45) is 11.8 Å². The predicted molar refractivity (Wildman–Crippen MR) is 81.9 cm³/mol. The van der Waals surface area contributed by atoms with E-state index in [4.69, 9.17) is 0 Å². The molecule has 2 unspecified atom stereocenters. The van der Waals surface area contributed by atoms with Crippen LogP contribution in [0, 0.1) is 11.8 Å². The van der Waals surface area contributed by atoms with Crippen LogP contribution in [0.15, 0.2) is 30.3 Å². The van der Waals surface area contributed by atoms with E-state index < -0.39 is 17.5 Å². The molecule has 4 heteroatoms. The van der Waals surface area contributed by atoms with Gasteiger partial charge in [0.1, 0.15) is 0 Å². The third-order valence-electron chi connectivity index (χ3n) is 4.34. The van der Waals surface area contributed by atoms with Gasteiger partial charge in [-0.3, -0.25) is 9.69 Å². The highest BCUT2D eigenvalue weighted by molar-refractivity contribution is 5.72. The molecule has 0 amide bonds. The van der Waals surface area contributed by atoms with Crippen LogP contribution in [0.25, 0.3) is 0 Å². The molecule has 2 rings (SSSR count). The van der Waals surface area contributed by atoms with Gasteiger partial charge in [0, 0.05) is 13.1 Å². The molecule has 4 nitrogen and oxygen atoms in total. The Morgan fingerprint density at radius 2 is 2.00 bits per heavy atom. The van der Waals surface area contributed by atoms with Crippen LogP contribution in [0.3, 0.4) is 0 Å². The second kappa shape index (κ2) is 6.58. The summed E-state index contributed by atoms with van der Waals surface area (Å²) >= 11 is 0. The van der Waals surface area contributed by atoms with Crippen molar-refractivity contribution in [3.63, 3.8) is 0 Å². The number of aliphatic hydroxyl groups is 1. The summed E-state index contributed by atoms with van der Waals surface area (Å²) in [7, 11) is 0. The van der Waals surface area contributed by atoms with Gasteiger partial charge in [0.2, 0.25) is 0 Å². The molecular formula is C17H25NO3. The Morgan fingerprint density at radius 1 is 1.33 bits per heavy atom. The standard InChI is InChI=1S/C17H25NO3/c1-13(2)15(16(19)20)17(21)9-6-10-18(12-17)11-14-7-4-3-5-8-14/h3-5,7-8,13,15,21H,6,9-12H2,1-2H3,(H,19,20). The molecule has 0 saturated carbocycles. The van der Waals surface area contributed by atoms with Crippen LogP contribution in [-0.2, 0) is 11.3 Å². The quantitative estimate of drug-likeness (QED) is 0.874. The van der Waals surface area contributed by atoms with Gasteiger partial charge in [-0.05, 0) is 30.9 Å². The summed E-state index contributed by atoms with van der Waals surface area (Å²) < 4.78 is 0. The minimum atomic E-state index is -1.13. The zero-order valence-corrected chi connectivity index (χ0v) is 12.8. The fourth-order valence-corrected chi connectivity index (χ4v) is 3.52. The summed E-state index contributed by atoms with van der Waals surface area (Å²) in [5.41, 5.74) is 0.0608. The van der Waals surface area contributed by atoms with Crippen molar-refractivity contribution in [2.45, 2.75) is 38.8 Å². The molecular weight excluding hydrogens is 266 g/mol. The number of β-amino-alcohol motifs (C(OH)–C–C–N with tert-alkyl or cyclic N) is 1. The number of aliphatic carboxylic acids is 1. The van der Waals surface area contributed by atoms with Gasteiger partial charge in [-0.1, -0.05) is 44.2 Å². The highest BCUT2D eigenvalue weighted by Crippen LogP contribution is 2.34. The van der Waals surface area contributed by atoms with Crippen molar-refractivity contribution in [2.75, 3.05) is 13.1 Å². The Hall–Kier alpha value is -1.39. The number of carboxylic acid groups (broad SMARTS) is 1. The number of hydrogen-bond acceptors (Lipinski definition) is 3. The highest BCUT2D eigenvalue weighted by Gasteiger charge is 2.45. The maximum Gasteiger partial charge on any atom is 0.309 e. The first kappa shape index (κ1) is 16.0. The molecule has 0 aliphatic carbocycles. The van der Waals surface area contributed by atoms with Crippen molar-refractivity contribution in [1.82, 2.24) is 4.90 Å². The van der Waals surface area contributed by atoms with Gasteiger partial charge in [0.05, 0.1) is 11.5 Å². The molecule has 0 bridgehead atoms. The smallest absolute Gasteiger partial charge is 0.309 e. The number of carbonyl (C=O) groups is 1. The van der Waals surface area contributed by atoms with Crippen molar-refractivity contribution in [1.29, 1.82) is 0 Å². The molecule has 1 fully saturated rings. The third kappa shape index (κ3) is 3.83. The Balaban J connectivity index is 2.10. The zero-order valence-electron chi connectivity index (χ0n) is 12.8. The van der Waals surface area contributed by atoms with Crippen molar-refractivity contribution in [3.8, 4) is 0 Å². The van der Waals surface area contributed by atoms with Gasteiger partial charge in [-0.2, -0.15) is 0 Å². The lowest BCUT2D eigenvalue weighted by Crippen LogP contribution is -2.55. The van der Waals surface area contributed by atoms with Crippen molar-refractivity contribution in [3.05, 3.63) is 35.9 Å². The molecule has 0 aromatic heterocycles. The van der Waals surface area contributed by atoms with E-state index in [0.717, 1.165) is 19.5 Å². The van der Waals surface area contributed by atoms with Crippen LogP contribution in [0.2, 0.25) is 0 Å². The average molecular weight is 291 g/mol. The minimum Gasteiger partial charge on any atom is -0.481 e. The number of nitrogens with zero attached hydrogens (tertiary/aromatic N) is 1. The van der Waals surface area contributed by atoms with Crippen LogP contribution < -0.4 is 0 Å². The highest BCUT2D eigenvalue weighted by atomic mass is 16.4. The third-order valence-corrected chi connectivity index (χ3v) is 4.34. The second-order valence-corrected chi connectivity index (χ2v) is 6.46. The molecule has 1 aliphatic heterocycles. The molecule has 1 aromatic rings. The van der Waals surface area contributed by atoms with Gasteiger partial charge < -0.3 is 10.2 Å². The van der Waals surface area contributed by atoms with E-state index in [1.807, 2.05) is 32.0 Å². The van der Waals surface area contributed by atoms with Gasteiger partial charge >= 0.3 is 5.97 Å². The van der Waals surface area contributed by atoms with E-state index in [-0.39, 0.29) is 5.92 Å². The van der Waals surface area contributed by atoms with E-state index >= 15 is 0 Å². The summed E-state index contributed by atoms with van der Waals surface area (Å²) in [4.78, 5) is 13.7. The fraction of sp³-hybridized carbons (Fsp3) is 0.588. The van der Waals surface area contributed by atoms with Crippen LogP contribution in [0.1, 0.15) is 32.3 Å². The molecule has 1 heterocycles. The Kier molecular flexibility index (Phi) is 5.01. The number of piperidine rings is 1. The zero-order chi connectivity index (χ0) is 15.5. The molecule has 0 radical (unpaired) electrons. The van der Waals surface area contributed by atoms with Gasteiger partial charge in [-0.25, -0.2) is 0 Å². The van der Waals surface area contributed by atoms with Gasteiger partial charge in [0.15, 0.2) is 0 Å². The molecule has 1 aliphatic rings. The molecule has 0 spiro atoms. The number of benzene rings is 1. The Labute approximate surface area is 126 Å². The van der Waals surface area contributed by atoms with Gasteiger partial charge in [0.25, 0.3) is 0 Å². The predicted octanol–water partition coefficient (Wildman–Crippen LogP) is 2.37. The molecule has 2 atom stereocenters. The number of rotatable bonds is 5. The van der Waals surface area contributed by atoms with Crippen LogP contribution in [0.5, 0.6) is 0 Å². The summed E-state index contributed by atoms with van der Waals surface area (Å²) in [5.74, 6) is -1.69. The van der Waals surface area contributed by atoms with E-state index in [9.17, 15) is 15.0 Å². The van der Waals surface area contributed by atoms with E-state index in [0.29, 0.717) is 13.0 Å². The molecule has 2 N–H and O–H groups in total. The van der Waals surface area contributed by atoms with E-state index in [2.05, 4.69) is 17.0 Å². The van der Waals surface area contributed by atoms with E-state index in [1.165, 1.54) is 5.56 Å². The Morgan fingerprint density at radius 3 is 2.57 bits per heavy atom. The first-order valence-corrected chi connectivity index (χ1v) is 7.64. The maximum atomic E-state index is 11.5. The van der Waals surface area contributed by atoms with Gasteiger partial charge in [-0.15, -0.1) is 0 Å². The van der Waals surface area contributed by atoms with E-state index in [1.54, 1.807) is 0 Å². The number of likely N-dealkylation sites (tertiary alicyclic amines) is 1. The molecule has 116 valence electrons. The average Bonchev–Trinajstić information content (AvgIpc) is 2.38. The first-order chi connectivity index (χ1) is 9.92. The largest absolute Gasteiger partial charge is 0.481 e. The molecule has 1 aromatic carbocycles. The number of hydrogen-bond donors (Lipinski definition) is 2. The van der Waals surface area contributed by atoms with Crippen molar-refractivity contribution >= 4 is 5.97 Å². The fourth-order valence-electron chi connectivity index (χ4n) is 3.52. The van der Waals surface area contributed by atoms with Crippen LogP contribution in [-0.4, -0.2) is 39.8 Å². The molecule has 1 saturated heterocycles. The monoisotopic (exact) mass is 291 g/mol. The van der Waals surface area contributed by atoms with Crippen LogP contribution >= 0.6 is 0 Å². The minimum absolute atomic E-state index is 0.0795. The lowest BCUT2D eigenvalue weighted by molar-refractivity contribution is -0.161. The summed E-state index contributed by atoms with van der Waals surface area (Å²) in [6.45, 7) is 5.83. The lowest BCUT2D eigenvalue weighted by atomic mass is 9.75. The summed E-state index contributed by atoms with van der Waals surface area (Å²) in [6.07, 6.45) is 1.40. The normalized spacial score (nSPS) is 25.0. The van der Waals surface area contributed by atoms with Crippen molar-refractivity contribution < 1.29 is 15.0 Å². The van der Waals surface area contributed by atoms with Crippen LogP contribution in [0.4, 0.5) is 0 Å².